The Morgan fingerprint density at radius 1 is 1.24 bits per heavy atom. The number of rotatable bonds is 2. The third-order valence-electron chi connectivity index (χ3n) is 5.15. The summed E-state index contributed by atoms with van der Waals surface area (Å²) in [5, 5.41) is 13.3. The van der Waals surface area contributed by atoms with Crippen LogP contribution in [0.4, 0.5) is 5.69 Å². The predicted octanol–water partition coefficient (Wildman–Crippen LogP) is 3.63. The maximum atomic E-state index is 12.7. The van der Waals surface area contributed by atoms with E-state index in [0.717, 1.165) is 35.9 Å². The number of amides is 2. The second-order valence-electron chi connectivity index (χ2n) is 8.32. The molecule has 1 aliphatic carbocycles. The average Bonchev–Trinajstić information content (AvgIpc) is 2.77. The summed E-state index contributed by atoms with van der Waals surface area (Å²) in [7, 11) is 0. The van der Waals surface area contributed by atoms with Crippen molar-refractivity contribution in [1.82, 2.24) is 4.90 Å². The summed E-state index contributed by atoms with van der Waals surface area (Å²) >= 11 is 1.06. The van der Waals surface area contributed by atoms with Crippen molar-refractivity contribution in [3.05, 3.63) is 24.3 Å². The smallest absolute Gasteiger partial charge is 0.313 e. The van der Waals surface area contributed by atoms with Crippen LogP contribution in [0, 0.1) is 21.5 Å². The molecule has 2 aliphatic rings. The largest absolute Gasteiger partial charge is 0.331 e. The average molecular weight is 357 g/mol. The first-order valence-corrected chi connectivity index (χ1v) is 9.31. The van der Waals surface area contributed by atoms with Crippen molar-refractivity contribution in [2.24, 2.45) is 10.8 Å². The molecule has 6 heteroatoms. The molecule has 0 aromatic heterocycles. The van der Waals surface area contributed by atoms with Crippen LogP contribution >= 0.6 is 11.8 Å². The van der Waals surface area contributed by atoms with Gasteiger partial charge in [0.05, 0.1) is 0 Å². The fourth-order valence-electron chi connectivity index (χ4n) is 4.67. The summed E-state index contributed by atoms with van der Waals surface area (Å²) < 4.78 is 0. The van der Waals surface area contributed by atoms with Gasteiger partial charge in [-0.1, -0.05) is 20.8 Å². The topological polar surface area (TPSA) is 73.2 Å². The number of nitriles is 1. The van der Waals surface area contributed by atoms with E-state index in [0.29, 0.717) is 12.2 Å². The van der Waals surface area contributed by atoms with E-state index in [1.54, 1.807) is 29.2 Å². The zero-order valence-corrected chi connectivity index (χ0v) is 15.7. The summed E-state index contributed by atoms with van der Waals surface area (Å²) in [5.41, 5.74) is 0.880. The van der Waals surface area contributed by atoms with Gasteiger partial charge in [-0.05, 0) is 66.1 Å². The number of carbonyl (C=O) groups is 2. The third-order valence-corrected chi connectivity index (χ3v) is 5.74. The van der Waals surface area contributed by atoms with Crippen molar-refractivity contribution < 1.29 is 9.59 Å². The minimum atomic E-state index is -0.588. The first-order chi connectivity index (χ1) is 11.7. The van der Waals surface area contributed by atoms with Crippen molar-refractivity contribution in [3.63, 3.8) is 0 Å². The van der Waals surface area contributed by atoms with E-state index in [9.17, 15) is 9.59 Å². The van der Waals surface area contributed by atoms with Gasteiger partial charge in [0, 0.05) is 23.2 Å². The normalized spacial score (nSPS) is 26.8. The first-order valence-electron chi connectivity index (χ1n) is 8.49. The standard InChI is InChI=1S/C19H23N3O2S/c1-18(2)8-14-9-19(3,10-18)11-22(14)17(24)16(23)21-13-4-6-15(7-5-13)25-12-20/h4-7,14H,8-11H2,1-3H3,(H,21,23). The van der Waals surface area contributed by atoms with Gasteiger partial charge in [0.25, 0.3) is 0 Å². The Kier molecular flexibility index (Phi) is 4.54. The molecule has 1 aliphatic heterocycles. The number of nitrogens with one attached hydrogen (secondary N) is 1. The van der Waals surface area contributed by atoms with Crippen LogP contribution in [0.15, 0.2) is 29.2 Å². The maximum Gasteiger partial charge on any atom is 0.313 e. The number of hydrogen-bond donors (Lipinski definition) is 1. The molecule has 2 amide bonds. The Labute approximate surface area is 152 Å². The lowest BCUT2D eigenvalue weighted by atomic mass is 9.65. The molecule has 3 rings (SSSR count). The van der Waals surface area contributed by atoms with Crippen LogP contribution in [-0.2, 0) is 9.59 Å². The first kappa shape index (κ1) is 17.8. The number of fused-ring (bicyclic) bond motifs is 2. The zero-order valence-electron chi connectivity index (χ0n) is 14.8. The highest BCUT2D eigenvalue weighted by Crippen LogP contribution is 2.52. The second-order valence-corrected chi connectivity index (χ2v) is 9.18. The van der Waals surface area contributed by atoms with E-state index in [1.165, 1.54) is 0 Å². The van der Waals surface area contributed by atoms with Gasteiger partial charge in [-0.15, -0.1) is 0 Å². The number of thiocyanates is 1. The minimum absolute atomic E-state index is 0.110. The lowest BCUT2D eigenvalue weighted by Crippen LogP contribution is -2.43. The van der Waals surface area contributed by atoms with Crippen molar-refractivity contribution in [2.45, 2.75) is 51.0 Å². The van der Waals surface area contributed by atoms with E-state index in [1.807, 2.05) is 5.40 Å². The van der Waals surface area contributed by atoms with Gasteiger partial charge >= 0.3 is 11.8 Å². The van der Waals surface area contributed by atoms with Crippen LogP contribution in [0.1, 0.15) is 40.0 Å². The fraction of sp³-hybridized carbons (Fsp3) is 0.526. The highest BCUT2D eigenvalue weighted by Gasteiger charge is 2.51. The molecule has 2 unspecified atom stereocenters. The molecule has 1 aromatic carbocycles. The zero-order chi connectivity index (χ0) is 18.2. The molecule has 1 aromatic rings. The van der Waals surface area contributed by atoms with E-state index in [4.69, 9.17) is 5.26 Å². The Bertz CT molecular complexity index is 738. The van der Waals surface area contributed by atoms with Crippen molar-refractivity contribution in [2.75, 3.05) is 11.9 Å². The van der Waals surface area contributed by atoms with Crippen LogP contribution < -0.4 is 5.32 Å². The monoisotopic (exact) mass is 357 g/mol. The molecule has 25 heavy (non-hydrogen) atoms. The van der Waals surface area contributed by atoms with Gasteiger partial charge in [0.15, 0.2) is 0 Å². The third kappa shape index (κ3) is 3.82. The van der Waals surface area contributed by atoms with E-state index in [-0.39, 0.29) is 16.9 Å². The second kappa shape index (κ2) is 6.38. The number of carbonyl (C=O) groups excluding carboxylic acids is 2. The molecule has 0 spiro atoms. The molecule has 1 saturated heterocycles. The number of hydrogen-bond acceptors (Lipinski definition) is 4. The van der Waals surface area contributed by atoms with Gasteiger partial charge in [-0.2, -0.15) is 5.26 Å². The van der Waals surface area contributed by atoms with Crippen LogP contribution in [0.5, 0.6) is 0 Å². The molecular formula is C19H23N3O2S. The van der Waals surface area contributed by atoms with Gasteiger partial charge in [0.1, 0.15) is 5.40 Å². The molecule has 1 saturated carbocycles. The molecular weight excluding hydrogens is 334 g/mol. The van der Waals surface area contributed by atoms with Crippen molar-refractivity contribution >= 4 is 29.3 Å². The number of nitrogens with zero attached hydrogens (tertiary/aromatic N) is 2. The lowest BCUT2D eigenvalue weighted by Gasteiger charge is -2.39. The quantitative estimate of drug-likeness (QED) is 0.498. The summed E-state index contributed by atoms with van der Waals surface area (Å²) in [4.78, 5) is 27.7. The summed E-state index contributed by atoms with van der Waals surface area (Å²) in [5.74, 6) is -1.03. The van der Waals surface area contributed by atoms with Crippen LogP contribution in [0.25, 0.3) is 0 Å². The van der Waals surface area contributed by atoms with Gasteiger partial charge in [0.2, 0.25) is 0 Å². The summed E-state index contributed by atoms with van der Waals surface area (Å²) in [6, 6.07) is 7.07. The summed E-state index contributed by atoms with van der Waals surface area (Å²) in [6.45, 7) is 7.36. The molecule has 2 bridgehead atoms. The predicted molar refractivity (Wildman–Crippen MR) is 97.8 cm³/mol. The van der Waals surface area contributed by atoms with E-state index < -0.39 is 11.8 Å². The van der Waals surface area contributed by atoms with Crippen LogP contribution in [-0.4, -0.2) is 29.3 Å². The molecule has 132 valence electrons. The van der Waals surface area contributed by atoms with Gasteiger partial charge in [-0.25, -0.2) is 0 Å². The SMILES string of the molecule is CC1(C)CC2CC(C)(CN2C(=O)C(=O)Nc2ccc(SC#N)cc2)C1. The molecule has 2 fully saturated rings. The van der Waals surface area contributed by atoms with Crippen LogP contribution in [0.3, 0.4) is 0 Å². The number of thioether (sulfide) groups is 1. The Morgan fingerprint density at radius 3 is 2.56 bits per heavy atom. The van der Waals surface area contributed by atoms with Gasteiger partial charge in [-0.3, -0.25) is 9.59 Å². The highest BCUT2D eigenvalue weighted by atomic mass is 32.2. The molecule has 5 nitrogen and oxygen atoms in total. The number of anilines is 1. The fourth-order valence-corrected chi connectivity index (χ4v) is 5.05. The maximum absolute atomic E-state index is 12.7. The lowest BCUT2D eigenvalue weighted by molar-refractivity contribution is -0.144. The van der Waals surface area contributed by atoms with E-state index >= 15 is 0 Å². The van der Waals surface area contributed by atoms with Crippen molar-refractivity contribution in [3.8, 4) is 5.40 Å². The minimum Gasteiger partial charge on any atom is -0.331 e. The Morgan fingerprint density at radius 2 is 1.92 bits per heavy atom. The molecule has 1 N–H and O–H groups in total. The molecule has 1 heterocycles. The number of benzene rings is 1. The van der Waals surface area contributed by atoms with Crippen molar-refractivity contribution in [1.29, 1.82) is 5.26 Å². The highest BCUT2D eigenvalue weighted by molar-refractivity contribution is 8.03. The Hall–Kier alpha value is -2.00. The summed E-state index contributed by atoms with van der Waals surface area (Å²) in [6.07, 6.45) is 3.01. The Balaban J connectivity index is 1.67. The molecule has 2 atom stereocenters. The van der Waals surface area contributed by atoms with E-state index in [2.05, 4.69) is 26.1 Å². The van der Waals surface area contributed by atoms with Crippen LogP contribution in [0.2, 0.25) is 0 Å². The number of likely N-dealkylation sites (tertiary alicyclic amines) is 1. The molecule has 0 radical (unpaired) electrons. The van der Waals surface area contributed by atoms with Gasteiger partial charge < -0.3 is 10.2 Å².